The minimum absolute atomic E-state index is 0.0135. The van der Waals surface area contributed by atoms with E-state index in [0.29, 0.717) is 17.6 Å². The molecule has 1 atom stereocenters. The van der Waals surface area contributed by atoms with Gasteiger partial charge >= 0.3 is 0 Å². The SMILES string of the molecule is CC1CCN(C(CNC(=O)Cn2c(=O)cnc3ccccc32)c2ccccc2)CC1. The van der Waals surface area contributed by atoms with Gasteiger partial charge in [-0.2, -0.15) is 0 Å². The highest BCUT2D eigenvalue weighted by atomic mass is 16.2. The van der Waals surface area contributed by atoms with Gasteiger partial charge in [0.25, 0.3) is 5.56 Å². The first-order valence-electron chi connectivity index (χ1n) is 10.6. The van der Waals surface area contributed by atoms with Gasteiger partial charge in [-0.25, -0.2) is 4.98 Å². The van der Waals surface area contributed by atoms with E-state index in [1.165, 1.54) is 29.2 Å². The van der Waals surface area contributed by atoms with Gasteiger partial charge in [0.2, 0.25) is 5.91 Å². The number of piperidine rings is 1. The minimum atomic E-state index is -0.270. The van der Waals surface area contributed by atoms with Crippen molar-refractivity contribution in [2.75, 3.05) is 19.6 Å². The maximum absolute atomic E-state index is 12.8. The lowest BCUT2D eigenvalue weighted by Crippen LogP contribution is -2.43. The van der Waals surface area contributed by atoms with E-state index in [1.807, 2.05) is 42.5 Å². The molecule has 6 heteroatoms. The molecule has 1 aromatic heterocycles. The Labute approximate surface area is 176 Å². The van der Waals surface area contributed by atoms with Crippen molar-refractivity contribution in [3.63, 3.8) is 0 Å². The average molecular weight is 405 g/mol. The van der Waals surface area contributed by atoms with E-state index < -0.39 is 0 Å². The second-order valence-electron chi connectivity index (χ2n) is 8.12. The van der Waals surface area contributed by atoms with Gasteiger partial charge in [0.1, 0.15) is 6.54 Å². The molecule has 0 spiro atoms. The third-order valence-electron chi connectivity index (χ3n) is 5.99. The fourth-order valence-corrected chi connectivity index (χ4v) is 4.16. The molecule has 1 aliphatic rings. The topological polar surface area (TPSA) is 67.2 Å². The number of aromatic nitrogens is 2. The smallest absolute Gasteiger partial charge is 0.269 e. The van der Waals surface area contributed by atoms with Crippen molar-refractivity contribution in [2.24, 2.45) is 5.92 Å². The summed E-state index contributed by atoms with van der Waals surface area (Å²) in [6, 6.07) is 17.8. The van der Waals surface area contributed by atoms with Gasteiger partial charge in [-0.3, -0.25) is 19.1 Å². The molecule has 1 N–H and O–H groups in total. The lowest BCUT2D eigenvalue weighted by molar-refractivity contribution is -0.121. The Hall–Kier alpha value is -2.99. The predicted molar refractivity (Wildman–Crippen MR) is 118 cm³/mol. The number of nitrogens with one attached hydrogen (secondary N) is 1. The molecule has 1 fully saturated rings. The monoisotopic (exact) mass is 404 g/mol. The molecule has 0 radical (unpaired) electrons. The first kappa shape index (κ1) is 20.3. The molecule has 1 amide bonds. The zero-order valence-electron chi connectivity index (χ0n) is 17.3. The van der Waals surface area contributed by atoms with Gasteiger partial charge in [-0.05, 0) is 49.5 Å². The molecule has 156 valence electrons. The Kier molecular flexibility index (Phi) is 6.23. The van der Waals surface area contributed by atoms with E-state index in [0.717, 1.165) is 19.0 Å². The molecule has 6 nitrogen and oxygen atoms in total. The summed E-state index contributed by atoms with van der Waals surface area (Å²) in [6.07, 6.45) is 3.63. The summed E-state index contributed by atoms with van der Waals surface area (Å²) in [4.78, 5) is 31.7. The van der Waals surface area contributed by atoms with Gasteiger partial charge < -0.3 is 5.32 Å². The maximum atomic E-state index is 12.8. The van der Waals surface area contributed by atoms with Crippen molar-refractivity contribution in [3.8, 4) is 0 Å². The molecular weight excluding hydrogens is 376 g/mol. The summed E-state index contributed by atoms with van der Waals surface area (Å²) in [5.74, 6) is 0.582. The van der Waals surface area contributed by atoms with E-state index in [4.69, 9.17) is 0 Å². The second kappa shape index (κ2) is 9.22. The number of carbonyl (C=O) groups excluding carboxylic acids is 1. The van der Waals surface area contributed by atoms with Crippen molar-refractivity contribution >= 4 is 16.9 Å². The average Bonchev–Trinajstić information content (AvgIpc) is 2.78. The number of para-hydroxylation sites is 2. The molecule has 2 heterocycles. The van der Waals surface area contributed by atoms with E-state index in [9.17, 15) is 9.59 Å². The Morgan fingerprint density at radius 2 is 1.80 bits per heavy atom. The molecule has 2 aromatic carbocycles. The first-order chi connectivity index (χ1) is 14.6. The fourth-order valence-electron chi connectivity index (χ4n) is 4.16. The Balaban J connectivity index is 1.48. The van der Waals surface area contributed by atoms with Gasteiger partial charge in [-0.1, -0.05) is 49.4 Å². The summed E-state index contributed by atoms with van der Waals surface area (Å²) in [5.41, 5.74) is 2.31. The number of hydrogen-bond acceptors (Lipinski definition) is 4. The van der Waals surface area contributed by atoms with Crippen LogP contribution in [0.3, 0.4) is 0 Å². The highest BCUT2D eigenvalue weighted by Crippen LogP contribution is 2.26. The Morgan fingerprint density at radius 1 is 1.10 bits per heavy atom. The van der Waals surface area contributed by atoms with E-state index in [-0.39, 0.29) is 24.1 Å². The maximum Gasteiger partial charge on any atom is 0.269 e. The number of nitrogens with zero attached hydrogens (tertiary/aromatic N) is 3. The van der Waals surface area contributed by atoms with Crippen LogP contribution in [0.15, 0.2) is 65.6 Å². The molecule has 1 aliphatic heterocycles. The van der Waals surface area contributed by atoms with Crippen molar-refractivity contribution < 1.29 is 4.79 Å². The van der Waals surface area contributed by atoms with Crippen LogP contribution in [0, 0.1) is 5.92 Å². The lowest BCUT2D eigenvalue weighted by atomic mass is 9.95. The summed E-state index contributed by atoms with van der Waals surface area (Å²) >= 11 is 0. The largest absolute Gasteiger partial charge is 0.353 e. The molecule has 30 heavy (non-hydrogen) atoms. The van der Waals surface area contributed by atoms with E-state index >= 15 is 0 Å². The Morgan fingerprint density at radius 3 is 2.57 bits per heavy atom. The van der Waals surface area contributed by atoms with Crippen LogP contribution in [-0.4, -0.2) is 40.0 Å². The summed E-state index contributed by atoms with van der Waals surface area (Å²) in [6.45, 7) is 4.87. The molecule has 1 saturated heterocycles. The second-order valence-corrected chi connectivity index (χ2v) is 8.12. The number of amides is 1. The summed E-state index contributed by atoms with van der Waals surface area (Å²) < 4.78 is 1.48. The zero-order valence-corrected chi connectivity index (χ0v) is 17.3. The van der Waals surface area contributed by atoms with Crippen LogP contribution in [0.25, 0.3) is 11.0 Å². The molecular formula is C24H28N4O2. The normalized spacial score (nSPS) is 16.4. The van der Waals surface area contributed by atoms with Gasteiger partial charge in [0.05, 0.1) is 23.3 Å². The van der Waals surface area contributed by atoms with Crippen LogP contribution in [0.2, 0.25) is 0 Å². The van der Waals surface area contributed by atoms with Crippen LogP contribution in [-0.2, 0) is 11.3 Å². The Bertz CT molecular complexity index is 1060. The quantitative estimate of drug-likeness (QED) is 0.686. The van der Waals surface area contributed by atoms with Crippen molar-refractivity contribution in [3.05, 3.63) is 76.7 Å². The standard InChI is InChI=1S/C24H28N4O2/c1-18-11-13-27(14-12-18)22(19-7-3-2-4-8-19)15-26-23(29)17-28-21-10-6-5-9-20(21)25-16-24(28)30/h2-10,16,18,22H,11-15,17H2,1H3,(H,26,29). The molecule has 1 unspecified atom stereocenters. The zero-order chi connectivity index (χ0) is 20.9. The van der Waals surface area contributed by atoms with Crippen LogP contribution < -0.4 is 10.9 Å². The molecule has 0 bridgehead atoms. The highest BCUT2D eigenvalue weighted by Gasteiger charge is 2.25. The van der Waals surface area contributed by atoms with Gasteiger partial charge in [0, 0.05) is 6.54 Å². The van der Waals surface area contributed by atoms with Crippen LogP contribution in [0.1, 0.15) is 31.4 Å². The third-order valence-corrected chi connectivity index (χ3v) is 5.99. The van der Waals surface area contributed by atoms with Crippen LogP contribution >= 0.6 is 0 Å². The van der Waals surface area contributed by atoms with E-state index in [1.54, 1.807) is 0 Å². The molecule has 3 aromatic rings. The van der Waals surface area contributed by atoms with Gasteiger partial charge in [0.15, 0.2) is 0 Å². The minimum Gasteiger partial charge on any atom is -0.353 e. The number of rotatable bonds is 6. The molecule has 0 aliphatic carbocycles. The van der Waals surface area contributed by atoms with Crippen LogP contribution in [0.5, 0.6) is 0 Å². The third kappa shape index (κ3) is 4.60. The van der Waals surface area contributed by atoms with Crippen LogP contribution in [0.4, 0.5) is 0 Å². The van der Waals surface area contributed by atoms with Gasteiger partial charge in [-0.15, -0.1) is 0 Å². The first-order valence-corrected chi connectivity index (χ1v) is 10.6. The van der Waals surface area contributed by atoms with Crippen molar-refractivity contribution in [1.82, 2.24) is 19.8 Å². The fraction of sp³-hybridized carbons (Fsp3) is 0.375. The molecule has 0 saturated carbocycles. The molecule has 4 rings (SSSR count). The summed E-state index contributed by atoms with van der Waals surface area (Å²) in [7, 11) is 0. The van der Waals surface area contributed by atoms with Crippen molar-refractivity contribution in [2.45, 2.75) is 32.4 Å². The highest BCUT2D eigenvalue weighted by molar-refractivity contribution is 5.79. The van der Waals surface area contributed by atoms with Crippen molar-refractivity contribution in [1.29, 1.82) is 0 Å². The number of benzene rings is 2. The number of carbonyl (C=O) groups is 1. The number of hydrogen-bond donors (Lipinski definition) is 1. The predicted octanol–water partition coefficient (Wildman–Crippen LogP) is 2.99. The lowest BCUT2D eigenvalue weighted by Gasteiger charge is -2.37. The number of likely N-dealkylation sites (tertiary alicyclic amines) is 1. The number of fused-ring (bicyclic) bond motifs is 1. The van der Waals surface area contributed by atoms with E-state index in [2.05, 4.69) is 34.3 Å². The summed E-state index contributed by atoms with van der Waals surface area (Å²) in [5, 5.41) is 3.07.